The summed E-state index contributed by atoms with van der Waals surface area (Å²) >= 11 is 1.46. The molecule has 2 aromatic heterocycles. The third kappa shape index (κ3) is 4.94. The van der Waals surface area contributed by atoms with E-state index >= 15 is 0 Å². The molecule has 3 heterocycles. The van der Waals surface area contributed by atoms with E-state index in [1.54, 1.807) is 36.5 Å². The number of imidazole rings is 1. The van der Waals surface area contributed by atoms with E-state index in [1.807, 2.05) is 46.7 Å². The zero-order chi connectivity index (χ0) is 24.3. The quantitative estimate of drug-likeness (QED) is 0.411. The smallest absolute Gasteiger partial charge is 0.264 e. The van der Waals surface area contributed by atoms with E-state index in [0.717, 1.165) is 23.7 Å². The van der Waals surface area contributed by atoms with E-state index in [1.165, 1.54) is 22.0 Å². The van der Waals surface area contributed by atoms with Crippen molar-refractivity contribution in [2.24, 2.45) is 0 Å². The van der Waals surface area contributed by atoms with Crippen molar-refractivity contribution in [2.75, 3.05) is 35.4 Å². The first-order valence-electron chi connectivity index (χ1n) is 11.3. The van der Waals surface area contributed by atoms with Gasteiger partial charge in [0.1, 0.15) is 0 Å². The van der Waals surface area contributed by atoms with Crippen molar-refractivity contribution in [1.82, 2.24) is 14.9 Å². The summed E-state index contributed by atoms with van der Waals surface area (Å²) in [5.74, 6) is 0.0792. The van der Waals surface area contributed by atoms with E-state index in [-0.39, 0.29) is 17.3 Å². The molecule has 0 radical (unpaired) electrons. The van der Waals surface area contributed by atoms with E-state index in [4.69, 9.17) is 0 Å². The molecule has 5 rings (SSSR count). The average Bonchev–Trinajstić information content (AvgIpc) is 3.62. The monoisotopic (exact) mass is 507 g/mol. The fourth-order valence-electron chi connectivity index (χ4n) is 4.11. The molecule has 0 unspecified atom stereocenters. The molecule has 1 N–H and O–H groups in total. The molecular weight excluding hydrogens is 482 g/mol. The van der Waals surface area contributed by atoms with Gasteiger partial charge in [0.15, 0.2) is 0 Å². The topological polar surface area (TPSA) is 89.6 Å². The fraction of sp³-hybridized carbons (Fsp3) is 0.200. The van der Waals surface area contributed by atoms with E-state index in [0.29, 0.717) is 24.5 Å². The summed E-state index contributed by atoms with van der Waals surface area (Å²) in [6.07, 6.45) is 3.16. The van der Waals surface area contributed by atoms with Crippen LogP contribution in [0.3, 0.4) is 0 Å². The molecule has 1 saturated heterocycles. The van der Waals surface area contributed by atoms with Gasteiger partial charge in [0.25, 0.3) is 15.9 Å². The number of hydrogen-bond donors (Lipinski definition) is 1. The van der Waals surface area contributed by atoms with Gasteiger partial charge in [-0.1, -0.05) is 24.3 Å². The van der Waals surface area contributed by atoms with E-state index in [2.05, 4.69) is 14.9 Å². The number of thiophene rings is 1. The minimum absolute atomic E-state index is 0.0792. The van der Waals surface area contributed by atoms with Crippen molar-refractivity contribution in [2.45, 2.75) is 11.4 Å². The molecule has 8 nitrogen and oxygen atoms in total. The number of nitrogens with one attached hydrogen (secondary N) is 1. The number of amides is 1. The zero-order valence-electron chi connectivity index (χ0n) is 18.9. The molecule has 4 aromatic rings. The molecule has 1 amide bonds. The van der Waals surface area contributed by atoms with Crippen LogP contribution in [0.2, 0.25) is 0 Å². The van der Waals surface area contributed by atoms with E-state index < -0.39 is 10.0 Å². The number of H-pyrrole nitrogens is 1. The lowest BCUT2D eigenvalue weighted by Gasteiger charge is -2.36. The van der Waals surface area contributed by atoms with Gasteiger partial charge >= 0.3 is 0 Å². The second kappa shape index (κ2) is 9.93. The van der Waals surface area contributed by atoms with Gasteiger partial charge in [-0.15, -0.1) is 11.3 Å². The van der Waals surface area contributed by atoms with Crippen LogP contribution >= 0.6 is 11.3 Å². The zero-order valence-corrected chi connectivity index (χ0v) is 20.6. The molecule has 1 fully saturated rings. The minimum atomic E-state index is -3.78. The highest BCUT2D eigenvalue weighted by atomic mass is 32.2. The number of nitrogens with zero attached hydrogens (tertiary/aromatic N) is 4. The van der Waals surface area contributed by atoms with Crippen LogP contribution < -0.4 is 9.21 Å². The maximum Gasteiger partial charge on any atom is 0.264 e. The Labute approximate surface area is 208 Å². The normalized spacial score (nSPS) is 14.2. The molecule has 1 aliphatic rings. The van der Waals surface area contributed by atoms with Crippen molar-refractivity contribution in [3.8, 4) is 0 Å². The minimum Gasteiger partial charge on any atom is -0.368 e. The number of sulfonamides is 1. The molecule has 0 atom stereocenters. The van der Waals surface area contributed by atoms with Crippen LogP contribution in [0.25, 0.3) is 0 Å². The van der Waals surface area contributed by atoms with Crippen molar-refractivity contribution in [3.05, 3.63) is 95.2 Å². The van der Waals surface area contributed by atoms with Crippen LogP contribution in [0.4, 0.5) is 11.4 Å². The number of hydrogen-bond acceptors (Lipinski definition) is 6. The Morgan fingerprint density at radius 3 is 2.34 bits per heavy atom. The Hall–Kier alpha value is -3.63. The number of anilines is 2. The number of benzene rings is 2. The van der Waals surface area contributed by atoms with Crippen LogP contribution in [0.15, 0.2) is 89.5 Å². The lowest BCUT2D eigenvalue weighted by molar-refractivity contribution is 0.0751. The summed E-state index contributed by atoms with van der Waals surface area (Å²) < 4.78 is 28.4. The summed E-state index contributed by atoms with van der Waals surface area (Å²) in [5, 5.41) is 1.92. The molecule has 0 saturated carbocycles. The maximum absolute atomic E-state index is 13.5. The van der Waals surface area contributed by atoms with Gasteiger partial charge in [-0.3, -0.25) is 9.10 Å². The largest absolute Gasteiger partial charge is 0.368 e. The fourth-order valence-corrected chi connectivity index (χ4v) is 6.27. The molecular formula is C25H25N5O3S2. The highest BCUT2D eigenvalue weighted by molar-refractivity contribution is 7.92. The second-order valence-corrected chi connectivity index (χ2v) is 11.0. The van der Waals surface area contributed by atoms with Gasteiger partial charge in [-0.2, -0.15) is 0 Å². The number of rotatable bonds is 7. The van der Waals surface area contributed by atoms with Crippen LogP contribution in [0.1, 0.15) is 15.4 Å². The van der Waals surface area contributed by atoms with Crippen LogP contribution in [0, 0.1) is 0 Å². The van der Waals surface area contributed by atoms with Crippen molar-refractivity contribution < 1.29 is 13.2 Å². The third-order valence-corrected chi connectivity index (χ3v) is 8.65. The number of carbonyl (C=O) groups is 1. The van der Waals surface area contributed by atoms with Gasteiger partial charge in [0, 0.05) is 38.1 Å². The van der Waals surface area contributed by atoms with Crippen molar-refractivity contribution in [3.63, 3.8) is 0 Å². The molecule has 0 aliphatic carbocycles. The summed E-state index contributed by atoms with van der Waals surface area (Å²) in [5.41, 5.74) is 2.26. The average molecular weight is 508 g/mol. The molecule has 35 heavy (non-hydrogen) atoms. The number of aromatic amines is 1. The van der Waals surface area contributed by atoms with Gasteiger partial charge in [-0.25, -0.2) is 13.4 Å². The first-order chi connectivity index (χ1) is 17.0. The summed E-state index contributed by atoms with van der Waals surface area (Å²) in [7, 11) is -3.78. The number of aromatic nitrogens is 2. The predicted octanol–water partition coefficient (Wildman–Crippen LogP) is 3.83. The standard InChI is InChI=1S/C25H25N5O3S2/c31-25(24-7-4-16-34-24)29-14-12-28(13-15-29)21-8-10-22(11-9-21)30(18-20-17-26-19-27-20)35(32,33)23-5-2-1-3-6-23/h1-11,16-17,19H,12-15,18H2,(H,26,27). The molecule has 10 heteroatoms. The van der Waals surface area contributed by atoms with Crippen LogP contribution in [-0.2, 0) is 16.6 Å². The lowest BCUT2D eigenvalue weighted by atomic mass is 10.2. The Morgan fingerprint density at radius 1 is 0.971 bits per heavy atom. The first kappa shape index (κ1) is 23.1. The summed E-state index contributed by atoms with van der Waals surface area (Å²) in [4.78, 5) is 24.7. The third-order valence-electron chi connectivity index (χ3n) is 6.00. The molecule has 0 spiro atoms. The molecule has 2 aromatic carbocycles. The van der Waals surface area contributed by atoms with Gasteiger partial charge in [0.2, 0.25) is 0 Å². The van der Waals surface area contributed by atoms with E-state index in [9.17, 15) is 13.2 Å². The summed E-state index contributed by atoms with van der Waals surface area (Å²) in [6.45, 7) is 2.87. The molecule has 0 bridgehead atoms. The molecule has 1 aliphatic heterocycles. The second-order valence-electron chi connectivity index (χ2n) is 8.17. The number of piperazine rings is 1. The highest BCUT2D eigenvalue weighted by Crippen LogP contribution is 2.28. The molecule has 180 valence electrons. The predicted molar refractivity (Wildman–Crippen MR) is 137 cm³/mol. The van der Waals surface area contributed by atoms with Crippen molar-refractivity contribution >= 4 is 38.6 Å². The SMILES string of the molecule is O=C(c1cccs1)N1CCN(c2ccc(N(Cc3cnc[nH]3)S(=O)(=O)c3ccccc3)cc2)CC1. The Bertz CT molecular complexity index is 1350. The van der Waals surface area contributed by atoms with Gasteiger partial charge in [-0.05, 0) is 47.8 Å². The highest BCUT2D eigenvalue weighted by Gasteiger charge is 2.27. The van der Waals surface area contributed by atoms with Gasteiger partial charge < -0.3 is 14.8 Å². The maximum atomic E-state index is 13.5. The Kier molecular flexibility index (Phi) is 6.56. The number of carbonyl (C=O) groups excluding carboxylic acids is 1. The lowest BCUT2D eigenvalue weighted by Crippen LogP contribution is -2.48. The van der Waals surface area contributed by atoms with Crippen molar-refractivity contribution in [1.29, 1.82) is 0 Å². The first-order valence-corrected chi connectivity index (χ1v) is 13.6. The van der Waals surface area contributed by atoms with Crippen LogP contribution in [-0.4, -0.2) is 55.4 Å². The van der Waals surface area contributed by atoms with Crippen LogP contribution in [0.5, 0.6) is 0 Å². The van der Waals surface area contributed by atoms with Gasteiger partial charge in [0.05, 0.1) is 34.0 Å². The Balaban J connectivity index is 1.33. The summed E-state index contributed by atoms with van der Waals surface area (Å²) in [6, 6.07) is 19.7. The Morgan fingerprint density at radius 2 is 1.71 bits per heavy atom.